The minimum Gasteiger partial charge on any atom is -0.307 e. The zero-order valence-corrected chi connectivity index (χ0v) is 12.6. The number of aryl methyl sites for hydroxylation is 2. The average molecular weight is 316 g/mol. The summed E-state index contributed by atoms with van der Waals surface area (Å²) in [6.45, 7) is 6.20. The minimum absolute atomic E-state index is 0.952. The van der Waals surface area contributed by atoms with Crippen LogP contribution in [0.3, 0.4) is 0 Å². The summed E-state index contributed by atoms with van der Waals surface area (Å²) in [5.74, 6) is 0. The molecule has 0 saturated carbocycles. The number of hydrogen-bond donors (Lipinski definition) is 1. The van der Waals surface area contributed by atoms with Gasteiger partial charge in [-0.1, -0.05) is 0 Å². The quantitative estimate of drug-likeness (QED) is 0.877. The number of thiophene rings is 2. The summed E-state index contributed by atoms with van der Waals surface area (Å²) in [5, 5.41) is 3.47. The van der Waals surface area contributed by atoms with E-state index in [1.54, 1.807) is 0 Å². The highest BCUT2D eigenvalue weighted by atomic mass is 79.9. The second-order valence-corrected chi connectivity index (χ2v) is 7.30. The van der Waals surface area contributed by atoms with Crippen LogP contribution in [-0.2, 0) is 13.1 Å². The van der Waals surface area contributed by atoms with Gasteiger partial charge in [-0.2, -0.15) is 0 Å². The zero-order valence-electron chi connectivity index (χ0n) is 9.34. The SMILES string of the molecule is Cc1ccc(CNCc2cc(Br)c(C)s2)s1. The molecule has 0 fully saturated rings. The maximum atomic E-state index is 3.54. The van der Waals surface area contributed by atoms with Gasteiger partial charge in [-0.3, -0.25) is 0 Å². The van der Waals surface area contributed by atoms with Crippen LogP contribution in [0, 0.1) is 13.8 Å². The van der Waals surface area contributed by atoms with Crippen LogP contribution < -0.4 is 5.32 Å². The fourth-order valence-corrected chi connectivity index (χ4v) is 3.93. The summed E-state index contributed by atoms with van der Waals surface area (Å²) in [6, 6.07) is 6.57. The molecule has 0 unspecified atom stereocenters. The van der Waals surface area contributed by atoms with Gasteiger partial charge in [0.15, 0.2) is 0 Å². The van der Waals surface area contributed by atoms with Gasteiger partial charge in [0.05, 0.1) is 0 Å². The van der Waals surface area contributed by atoms with Crippen molar-refractivity contribution in [2.45, 2.75) is 26.9 Å². The van der Waals surface area contributed by atoms with E-state index in [0.717, 1.165) is 13.1 Å². The molecule has 0 saturated heterocycles. The lowest BCUT2D eigenvalue weighted by molar-refractivity contribution is 0.709. The van der Waals surface area contributed by atoms with Gasteiger partial charge in [-0.15, -0.1) is 22.7 Å². The van der Waals surface area contributed by atoms with Crippen LogP contribution in [0.1, 0.15) is 19.5 Å². The van der Waals surface area contributed by atoms with Crippen molar-refractivity contribution in [2.75, 3.05) is 0 Å². The van der Waals surface area contributed by atoms with E-state index in [-0.39, 0.29) is 0 Å². The molecular formula is C12H14BrNS2. The molecule has 0 amide bonds. The molecule has 0 spiro atoms. The van der Waals surface area contributed by atoms with Crippen LogP contribution in [0.2, 0.25) is 0 Å². The maximum absolute atomic E-state index is 3.54. The minimum atomic E-state index is 0.952. The normalized spacial score (nSPS) is 10.9. The molecule has 2 heterocycles. The molecule has 0 radical (unpaired) electrons. The predicted molar refractivity (Wildman–Crippen MR) is 76.4 cm³/mol. The monoisotopic (exact) mass is 315 g/mol. The first-order chi connectivity index (χ1) is 7.65. The fraction of sp³-hybridized carbons (Fsp3) is 0.333. The number of halogens is 1. The van der Waals surface area contributed by atoms with Gasteiger partial charge < -0.3 is 5.32 Å². The molecule has 2 aromatic heterocycles. The molecule has 4 heteroatoms. The first kappa shape index (κ1) is 12.3. The molecule has 1 N–H and O–H groups in total. The van der Waals surface area contributed by atoms with Gasteiger partial charge in [-0.05, 0) is 48.0 Å². The van der Waals surface area contributed by atoms with Crippen LogP contribution in [0.5, 0.6) is 0 Å². The van der Waals surface area contributed by atoms with E-state index in [1.807, 2.05) is 22.7 Å². The molecule has 0 aromatic carbocycles. The predicted octanol–water partition coefficient (Wildman–Crippen LogP) is 4.48. The largest absolute Gasteiger partial charge is 0.307 e. The van der Waals surface area contributed by atoms with E-state index in [0.29, 0.717) is 0 Å². The molecule has 2 aromatic rings. The Morgan fingerprint density at radius 3 is 2.44 bits per heavy atom. The summed E-state index contributed by atoms with van der Waals surface area (Å²) in [7, 11) is 0. The molecule has 0 atom stereocenters. The highest BCUT2D eigenvalue weighted by Crippen LogP contribution is 2.26. The Labute approximate surface area is 113 Å². The van der Waals surface area contributed by atoms with Crippen LogP contribution in [0.4, 0.5) is 0 Å². The molecule has 0 aliphatic heterocycles. The summed E-state index contributed by atoms with van der Waals surface area (Å²) in [6.07, 6.45) is 0. The van der Waals surface area contributed by atoms with Gasteiger partial charge in [-0.25, -0.2) is 0 Å². The van der Waals surface area contributed by atoms with Crippen molar-refractivity contribution in [3.8, 4) is 0 Å². The average Bonchev–Trinajstić information content (AvgIpc) is 2.75. The van der Waals surface area contributed by atoms with E-state index in [2.05, 4.69) is 53.3 Å². The topological polar surface area (TPSA) is 12.0 Å². The van der Waals surface area contributed by atoms with Gasteiger partial charge in [0.1, 0.15) is 0 Å². The highest BCUT2D eigenvalue weighted by molar-refractivity contribution is 9.10. The Kier molecular flexibility index (Phi) is 4.19. The third-order valence-corrected chi connectivity index (χ3v) is 5.44. The van der Waals surface area contributed by atoms with Crippen LogP contribution in [0.25, 0.3) is 0 Å². The summed E-state index contributed by atoms with van der Waals surface area (Å²) < 4.78 is 1.22. The molecule has 2 rings (SSSR count). The molecule has 16 heavy (non-hydrogen) atoms. The summed E-state index contributed by atoms with van der Waals surface area (Å²) in [4.78, 5) is 5.53. The van der Waals surface area contributed by atoms with Gasteiger partial charge in [0, 0.05) is 37.1 Å². The van der Waals surface area contributed by atoms with E-state index in [9.17, 15) is 0 Å². The smallest absolute Gasteiger partial charge is 0.0314 e. The Hall–Kier alpha value is -0.160. The summed E-state index contributed by atoms with van der Waals surface area (Å²) in [5.41, 5.74) is 0. The third-order valence-electron chi connectivity index (χ3n) is 2.30. The van der Waals surface area contributed by atoms with Crippen molar-refractivity contribution in [3.63, 3.8) is 0 Å². The van der Waals surface area contributed by atoms with Crippen molar-refractivity contribution >= 4 is 38.6 Å². The lowest BCUT2D eigenvalue weighted by Crippen LogP contribution is -2.10. The second kappa shape index (κ2) is 5.45. The second-order valence-electron chi connectivity index (χ2n) is 3.73. The van der Waals surface area contributed by atoms with Crippen LogP contribution >= 0.6 is 38.6 Å². The molecule has 86 valence electrons. The van der Waals surface area contributed by atoms with E-state index in [4.69, 9.17) is 0 Å². The van der Waals surface area contributed by atoms with Crippen LogP contribution in [-0.4, -0.2) is 0 Å². The first-order valence-electron chi connectivity index (χ1n) is 5.16. The van der Waals surface area contributed by atoms with Gasteiger partial charge in [0.25, 0.3) is 0 Å². The van der Waals surface area contributed by atoms with E-state index >= 15 is 0 Å². The number of rotatable bonds is 4. The first-order valence-corrected chi connectivity index (χ1v) is 7.58. The van der Waals surface area contributed by atoms with E-state index < -0.39 is 0 Å². The zero-order chi connectivity index (χ0) is 11.5. The van der Waals surface area contributed by atoms with Crippen molar-refractivity contribution in [1.82, 2.24) is 5.32 Å². The van der Waals surface area contributed by atoms with Crippen molar-refractivity contribution in [1.29, 1.82) is 0 Å². The summed E-state index contributed by atoms with van der Waals surface area (Å²) >= 11 is 7.25. The van der Waals surface area contributed by atoms with Crippen molar-refractivity contribution in [3.05, 3.63) is 42.2 Å². The molecule has 1 nitrogen and oxygen atoms in total. The van der Waals surface area contributed by atoms with E-state index in [1.165, 1.54) is 24.0 Å². The third kappa shape index (κ3) is 3.17. The fourth-order valence-electron chi connectivity index (χ4n) is 1.49. The Bertz CT molecular complexity index is 454. The highest BCUT2D eigenvalue weighted by Gasteiger charge is 2.02. The lowest BCUT2D eigenvalue weighted by atomic mass is 10.4. The lowest BCUT2D eigenvalue weighted by Gasteiger charge is -1.99. The number of nitrogens with one attached hydrogen (secondary N) is 1. The molecule has 0 aliphatic rings. The van der Waals surface area contributed by atoms with Gasteiger partial charge >= 0.3 is 0 Å². The molecule has 0 aliphatic carbocycles. The molecular weight excluding hydrogens is 302 g/mol. The molecule has 0 bridgehead atoms. The maximum Gasteiger partial charge on any atom is 0.0314 e. The van der Waals surface area contributed by atoms with Crippen molar-refractivity contribution in [2.24, 2.45) is 0 Å². The Morgan fingerprint density at radius 2 is 1.88 bits per heavy atom. The number of hydrogen-bond acceptors (Lipinski definition) is 3. The van der Waals surface area contributed by atoms with Crippen LogP contribution in [0.15, 0.2) is 22.7 Å². The van der Waals surface area contributed by atoms with Crippen molar-refractivity contribution < 1.29 is 0 Å². The standard InChI is InChI=1S/C12H14BrNS2/c1-8-3-4-10(15-8)6-14-7-11-5-12(13)9(2)16-11/h3-5,14H,6-7H2,1-2H3. The Morgan fingerprint density at radius 1 is 1.12 bits per heavy atom. The Balaban J connectivity index is 1.84. The van der Waals surface area contributed by atoms with Gasteiger partial charge in [0.2, 0.25) is 0 Å².